The van der Waals surface area contributed by atoms with Crippen molar-refractivity contribution in [1.82, 2.24) is 0 Å². The summed E-state index contributed by atoms with van der Waals surface area (Å²) in [4.78, 5) is 0. The average molecular weight is 263 g/mol. The highest BCUT2D eigenvalue weighted by atomic mass is 32.2. The van der Waals surface area contributed by atoms with Crippen LogP contribution in [0.2, 0.25) is 0 Å². The Hall–Kier alpha value is -0.830. The minimum atomic E-state index is 0.0197. The van der Waals surface area contributed by atoms with Crippen LogP contribution in [0.5, 0.6) is 5.75 Å². The van der Waals surface area contributed by atoms with E-state index >= 15 is 0 Å². The van der Waals surface area contributed by atoms with Gasteiger partial charge in [-0.15, -0.1) is 0 Å². The van der Waals surface area contributed by atoms with Gasteiger partial charge < -0.3 is 10.1 Å². The lowest BCUT2D eigenvalue weighted by molar-refractivity contribution is 0.101. The zero-order valence-corrected chi connectivity index (χ0v) is 11.8. The Kier molecular flexibility index (Phi) is 3.42. The highest BCUT2D eigenvalue weighted by molar-refractivity contribution is 7.99. The third-order valence-electron chi connectivity index (χ3n) is 3.79. The molecule has 2 nitrogen and oxygen atoms in total. The largest absolute Gasteiger partial charge is 0.487 e. The molecule has 2 heterocycles. The van der Waals surface area contributed by atoms with Gasteiger partial charge in [-0.3, -0.25) is 0 Å². The normalized spacial score (nSPS) is 27.2. The summed E-state index contributed by atoms with van der Waals surface area (Å²) < 4.78 is 6.25. The summed E-state index contributed by atoms with van der Waals surface area (Å²) in [5.74, 6) is 3.41. The fraction of sp³-hybridized carbons (Fsp3) is 0.600. The number of benzene rings is 1. The van der Waals surface area contributed by atoms with Crippen LogP contribution in [0.3, 0.4) is 0 Å². The minimum Gasteiger partial charge on any atom is -0.487 e. The van der Waals surface area contributed by atoms with Crippen LogP contribution >= 0.6 is 11.8 Å². The van der Waals surface area contributed by atoms with Crippen molar-refractivity contribution >= 4 is 17.4 Å². The third-order valence-corrected chi connectivity index (χ3v) is 5.18. The predicted octanol–water partition coefficient (Wildman–Crippen LogP) is 3.71. The van der Waals surface area contributed by atoms with E-state index in [4.69, 9.17) is 4.74 Å². The molecule has 98 valence electrons. The van der Waals surface area contributed by atoms with Crippen LogP contribution in [-0.2, 0) is 6.42 Å². The molecule has 1 N–H and O–H groups in total. The van der Waals surface area contributed by atoms with Crippen LogP contribution in [0.1, 0.15) is 31.7 Å². The van der Waals surface area contributed by atoms with Gasteiger partial charge in [-0.2, -0.15) is 11.8 Å². The number of nitrogens with one attached hydrogen (secondary N) is 1. The Balaban J connectivity index is 1.76. The number of hydrogen-bond acceptors (Lipinski definition) is 3. The molecule has 0 spiro atoms. The molecule has 0 saturated carbocycles. The number of fused-ring (bicyclic) bond motifs is 1. The molecule has 0 aliphatic carbocycles. The Morgan fingerprint density at radius 2 is 2.28 bits per heavy atom. The smallest absolute Gasteiger partial charge is 0.122 e. The quantitative estimate of drug-likeness (QED) is 0.879. The summed E-state index contributed by atoms with van der Waals surface area (Å²) >= 11 is 2.01. The standard InChI is InChI=1S/C15H21NOS/c1-15(7-3-9-18-11-15)17-13-6-5-12-4-2-8-16-14(12)10-13/h5-6,10,16H,2-4,7-9,11H2,1H3. The van der Waals surface area contributed by atoms with E-state index in [0.29, 0.717) is 0 Å². The van der Waals surface area contributed by atoms with E-state index in [0.717, 1.165) is 18.0 Å². The Morgan fingerprint density at radius 1 is 1.33 bits per heavy atom. The van der Waals surface area contributed by atoms with E-state index < -0.39 is 0 Å². The van der Waals surface area contributed by atoms with Crippen molar-refractivity contribution in [3.05, 3.63) is 23.8 Å². The number of thioether (sulfide) groups is 1. The van der Waals surface area contributed by atoms with Gasteiger partial charge in [0.1, 0.15) is 11.4 Å². The second kappa shape index (κ2) is 5.04. The minimum absolute atomic E-state index is 0.0197. The third kappa shape index (κ3) is 2.61. The van der Waals surface area contributed by atoms with Crippen LogP contribution in [0.15, 0.2) is 18.2 Å². The molecule has 1 fully saturated rings. The first kappa shape index (κ1) is 12.2. The molecular weight excluding hydrogens is 242 g/mol. The summed E-state index contributed by atoms with van der Waals surface area (Å²) in [7, 11) is 0. The number of hydrogen-bond donors (Lipinski definition) is 1. The molecule has 0 bridgehead atoms. The predicted molar refractivity (Wildman–Crippen MR) is 78.8 cm³/mol. The van der Waals surface area contributed by atoms with Crippen molar-refractivity contribution in [2.45, 2.75) is 38.2 Å². The zero-order chi connectivity index (χ0) is 12.4. The first-order valence-electron chi connectivity index (χ1n) is 6.89. The fourth-order valence-electron chi connectivity index (χ4n) is 2.78. The SMILES string of the molecule is CC1(Oc2ccc3c(c2)NCCC3)CCCSC1. The number of ether oxygens (including phenoxy) is 1. The topological polar surface area (TPSA) is 21.3 Å². The van der Waals surface area contributed by atoms with Gasteiger partial charge in [0.25, 0.3) is 0 Å². The molecule has 2 aliphatic rings. The van der Waals surface area contributed by atoms with Crippen LogP contribution in [-0.4, -0.2) is 23.7 Å². The highest BCUT2D eigenvalue weighted by Gasteiger charge is 2.29. The van der Waals surface area contributed by atoms with Gasteiger partial charge in [0.05, 0.1) is 0 Å². The Labute approximate surface area is 113 Å². The highest BCUT2D eigenvalue weighted by Crippen LogP contribution is 2.33. The molecule has 18 heavy (non-hydrogen) atoms. The molecule has 0 amide bonds. The lowest BCUT2D eigenvalue weighted by Gasteiger charge is -2.34. The van der Waals surface area contributed by atoms with Crippen molar-refractivity contribution < 1.29 is 4.74 Å². The molecule has 1 aromatic carbocycles. The van der Waals surface area contributed by atoms with E-state index in [9.17, 15) is 0 Å². The lowest BCUT2D eigenvalue weighted by atomic mass is 10.0. The first-order chi connectivity index (χ1) is 8.75. The van der Waals surface area contributed by atoms with E-state index in [1.54, 1.807) is 0 Å². The second-order valence-corrected chi connectivity index (χ2v) is 6.66. The molecule has 0 aromatic heterocycles. The van der Waals surface area contributed by atoms with Crippen LogP contribution < -0.4 is 10.1 Å². The summed E-state index contributed by atoms with van der Waals surface area (Å²) in [5, 5.41) is 3.47. The molecular formula is C15H21NOS. The van der Waals surface area contributed by atoms with Crippen molar-refractivity contribution in [3.8, 4) is 5.75 Å². The molecule has 3 rings (SSSR count). The summed E-state index contributed by atoms with van der Waals surface area (Å²) in [6.07, 6.45) is 4.87. The molecule has 1 aromatic rings. The Bertz CT molecular complexity index is 427. The molecule has 3 heteroatoms. The number of anilines is 1. The van der Waals surface area contributed by atoms with Gasteiger partial charge in [-0.1, -0.05) is 6.07 Å². The monoisotopic (exact) mass is 263 g/mol. The van der Waals surface area contributed by atoms with Crippen LogP contribution in [0.4, 0.5) is 5.69 Å². The van der Waals surface area contributed by atoms with Gasteiger partial charge in [0, 0.05) is 24.1 Å². The van der Waals surface area contributed by atoms with Crippen molar-refractivity contribution in [3.63, 3.8) is 0 Å². The van der Waals surface area contributed by atoms with E-state index in [-0.39, 0.29) is 5.60 Å². The van der Waals surface area contributed by atoms with Gasteiger partial charge >= 0.3 is 0 Å². The molecule has 1 saturated heterocycles. The maximum Gasteiger partial charge on any atom is 0.122 e. The van der Waals surface area contributed by atoms with Crippen molar-refractivity contribution in [1.29, 1.82) is 0 Å². The van der Waals surface area contributed by atoms with Gasteiger partial charge in [-0.05, 0) is 50.0 Å². The summed E-state index contributed by atoms with van der Waals surface area (Å²) in [6.45, 7) is 3.33. The first-order valence-corrected chi connectivity index (χ1v) is 8.04. The maximum atomic E-state index is 6.25. The second-order valence-electron chi connectivity index (χ2n) is 5.56. The average Bonchev–Trinajstić information content (AvgIpc) is 2.39. The molecule has 2 aliphatic heterocycles. The maximum absolute atomic E-state index is 6.25. The van der Waals surface area contributed by atoms with Gasteiger partial charge in [-0.25, -0.2) is 0 Å². The molecule has 1 atom stereocenters. The zero-order valence-electron chi connectivity index (χ0n) is 11.0. The number of aryl methyl sites for hydroxylation is 1. The Morgan fingerprint density at radius 3 is 3.11 bits per heavy atom. The van der Waals surface area contributed by atoms with E-state index in [2.05, 4.69) is 30.4 Å². The summed E-state index contributed by atoms with van der Waals surface area (Å²) in [5.41, 5.74) is 2.72. The van der Waals surface area contributed by atoms with Gasteiger partial charge in [0.2, 0.25) is 0 Å². The molecule has 1 unspecified atom stereocenters. The van der Waals surface area contributed by atoms with Crippen molar-refractivity contribution in [2.75, 3.05) is 23.4 Å². The van der Waals surface area contributed by atoms with E-state index in [1.165, 1.54) is 42.7 Å². The van der Waals surface area contributed by atoms with Crippen LogP contribution in [0.25, 0.3) is 0 Å². The fourth-order valence-corrected chi connectivity index (χ4v) is 3.90. The number of rotatable bonds is 2. The lowest BCUT2D eigenvalue weighted by Crippen LogP contribution is -2.37. The van der Waals surface area contributed by atoms with E-state index in [1.807, 2.05) is 11.8 Å². The summed E-state index contributed by atoms with van der Waals surface area (Å²) in [6, 6.07) is 6.53. The van der Waals surface area contributed by atoms with Crippen LogP contribution in [0, 0.1) is 0 Å². The van der Waals surface area contributed by atoms with Crippen molar-refractivity contribution in [2.24, 2.45) is 0 Å². The molecule has 0 radical (unpaired) electrons. The van der Waals surface area contributed by atoms with Gasteiger partial charge in [0.15, 0.2) is 0 Å².